The normalized spacial score (nSPS) is 16.8. The summed E-state index contributed by atoms with van der Waals surface area (Å²) < 4.78 is 6.24. The van der Waals surface area contributed by atoms with Gasteiger partial charge < -0.3 is 0 Å². The summed E-state index contributed by atoms with van der Waals surface area (Å²) in [5, 5.41) is 0. The third kappa shape index (κ3) is 5.20. The Balaban J connectivity index is 1.27. The molecular weight excluding hydrogens is 650 g/mol. The molecule has 43 heavy (non-hydrogen) atoms. The molecule has 0 fully saturated rings. The second-order valence-electron chi connectivity index (χ2n) is 11.3. The van der Waals surface area contributed by atoms with Crippen LogP contribution in [0.15, 0.2) is 155 Å². The van der Waals surface area contributed by atoms with E-state index in [4.69, 9.17) is 0 Å². The average molecular weight is 682 g/mol. The quantitative estimate of drug-likeness (QED) is 0.162. The molecule has 1 aliphatic heterocycles. The van der Waals surface area contributed by atoms with Gasteiger partial charge in [0.25, 0.3) is 0 Å². The van der Waals surface area contributed by atoms with Crippen LogP contribution in [0.3, 0.4) is 0 Å². The molecule has 1 aromatic heterocycles. The molecule has 0 bridgehead atoms. The summed E-state index contributed by atoms with van der Waals surface area (Å²) >= 11 is 0.587. The second-order valence-corrected chi connectivity index (χ2v) is 15.7. The van der Waals surface area contributed by atoms with Crippen LogP contribution < -0.4 is 0 Å². The second kappa shape index (κ2) is 11.7. The predicted octanol–water partition coefficient (Wildman–Crippen LogP) is 9.95. The fraction of sp³-hybridized carbons (Fsp3) is 0.0976. The molecule has 8 rings (SSSR count). The zero-order chi connectivity index (χ0) is 28.6. The van der Waals surface area contributed by atoms with E-state index in [0.717, 1.165) is 25.7 Å². The molecule has 2 heteroatoms. The summed E-state index contributed by atoms with van der Waals surface area (Å²) in [7, 11) is 0. The Bertz CT molecular complexity index is 1940. The molecule has 2 aliphatic carbocycles. The van der Waals surface area contributed by atoms with Gasteiger partial charge in [0, 0.05) is 0 Å². The molecule has 0 unspecified atom stereocenters. The third-order valence-corrected chi connectivity index (χ3v) is 14.1. The third-order valence-electron chi connectivity index (χ3n) is 8.68. The van der Waals surface area contributed by atoms with Gasteiger partial charge in [0.1, 0.15) is 0 Å². The summed E-state index contributed by atoms with van der Waals surface area (Å²) in [4.78, 5) is 0. The van der Waals surface area contributed by atoms with Crippen LogP contribution in [0.25, 0.3) is 36.7 Å². The first-order valence-corrected chi connectivity index (χ1v) is 18.5. The van der Waals surface area contributed by atoms with Crippen LogP contribution in [0.1, 0.15) is 40.4 Å². The number of hydrogen-bond acceptors (Lipinski definition) is 0. The molecular formula is C41H31Se2+. The van der Waals surface area contributed by atoms with E-state index in [9.17, 15) is 0 Å². The van der Waals surface area contributed by atoms with E-state index in [-0.39, 0.29) is 0 Å². The number of rotatable bonds is 5. The molecule has 0 saturated carbocycles. The first-order valence-electron chi connectivity index (χ1n) is 15.1. The fourth-order valence-corrected chi connectivity index (χ4v) is 11.9. The van der Waals surface area contributed by atoms with Crippen molar-refractivity contribution >= 4 is 45.1 Å². The summed E-state index contributed by atoms with van der Waals surface area (Å²) in [6, 6.07) is 46.7. The summed E-state index contributed by atoms with van der Waals surface area (Å²) in [5.74, 6) is 0. The number of benzene rings is 4. The van der Waals surface area contributed by atoms with Crippen molar-refractivity contribution in [1.29, 1.82) is 0 Å². The molecule has 0 spiro atoms. The van der Waals surface area contributed by atoms with Crippen LogP contribution in [-0.4, -0.2) is 29.5 Å². The Morgan fingerprint density at radius 1 is 0.581 bits per heavy atom. The molecule has 3 aliphatic rings. The number of hydrogen-bond donors (Lipinski definition) is 0. The van der Waals surface area contributed by atoms with Gasteiger partial charge in [-0.3, -0.25) is 0 Å². The van der Waals surface area contributed by atoms with E-state index in [2.05, 4.69) is 140 Å². The molecule has 0 nitrogen and oxygen atoms in total. The summed E-state index contributed by atoms with van der Waals surface area (Å²) in [6.07, 6.45) is 9.72. The average Bonchev–Trinajstić information content (AvgIpc) is 3.69. The van der Waals surface area contributed by atoms with Crippen LogP contribution in [0, 0.1) is 0 Å². The fourth-order valence-electron chi connectivity index (χ4n) is 6.57. The topological polar surface area (TPSA) is 0 Å². The molecule has 4 aromatic carbocycles. The molecule has 0 saturated heterocycles. The molecule has 2 heterocycles. The van der Waals surface area contributed by atoms with Crippen molar-refractivity contribution < 1.29 is 0 Å². The van der Waals surface area contributed by atoms with Crippen molar-refractivity contribution in [3.05, 3.63) is 176 Å². The van der Waals surface area contributed by atoms with Gasteiger partial charge in [0.2, 0.25) is 0 Å². The van der Waals surface area contributed by atoms with Gasteiger partial charge in [-0.25, -0.2) is 0 Å². The van der Waals surface area contributed by atoms with E-state index in [1.54, 1.807) is 31.2 Å². The van der Waals surface area contributed by atoms with Crippen molar-refractivity contribution in [2.45, 2.75) is 25.7 Å². The Morgan fingerprint density at radius 2 is 1.19 bits per heavy atom. The van der Waals surface area contributed by atoms with E-state index in [1.807, 2.05) is 0 Å². The molecule has 5 aromatic rings. The van der Waals surface area contributed by atoms with E-state index in [1.165, 1.54) is 42.3 Å². The van der Waals surface area contributed by atoms with Crippen molar-refractivity contribution in [3.63, 3.8) is 0 Å². The molecule has 0 atom stereocenters. The maximum absolute atomic E-state index is 2.64. The van der Waals surface area contributed by atoms with Crippen LogP contribution in [0.5, 0.6) is 0 Å². The zero-order valence-electron chi connectivity index (χ0n) is 23.9. The van der Waals surface area contributed by atoms with Crippen molar-refractivity contribution in [2.24, 2.45) is 0 Å². The SMILES string of the molecule is C1=C(c2ccccc2)[Se]C2=C(/C=C3\CCc4c(-c5ccccc5)cc(-c5ccccc5)[se+]c43)CCC2=C1c1ccccc1. The van der Waals surface area contributed by atoms with Gasteiger partial charge in [0.15, 0.2) is 0 Å². The minimum absolute atomic E-state index is 0.293. The van der Waals surface area contributed by atoms with Crippen molar-refractivity contribution in [1.82, 2.24) is 0 Å². The number of fused-ring (bicyclic) bond motifs is 2. The zero-order valence-corrected chi connectivity index (χ0v) is 27.4. The molecule has 0 N–H and O–H groups in total. The van der Waals surface area contributed by atoms with Gasteiger partial charge in [0.05, 0.1) is 0 Å². The van der Waals surface area contributed by atoms with Crippen LogP contribution in [0.2, 0.25) is 0 Å². The Morgan fingerprint density at radius 3 is 1.86 bits per heavy atom. The van der Waals surface area contributed by atoms with Crippen LogP contribution in [0.4, 0.5) is 0 Å². The van der Waals surface area contributed by atoms with Crippen molar-refractivity contribution in [2.75, 3.05) is 0 Å². The van der Waals surface area contributed by atoms with Gasteiger partial charge in [-0.1, -0.05) is 0 Å². The van der Waals surface area contributed by atoms with E-state index >= 15 is 0 Å². The number of allylic oxidation sites excluding steroid dienone is 7. The first kappa shape index (κ1) is 26.8. The first-order chi connectivity index (χ1) is 21.3. The standard InChI is InChI=1S/C41H31Se2/c1-5-13-28(14-6-1)36-26-38(30-17-9-3-10-18-30)42-40-32(21-23-34(36)40)25-33-22-24-35-37(29-15-7-2-8-16-29)27-39(43-41(33)35)31-19-11-4-12-20-31/h1-20,25-27H,21-24H2/q+1. The van der Waals surface area contributed by atoms with E-state index < -0.39 is 0 Å². The molecule has 0 amide bonds. The van der Waals surface area contributed by atoms with E-state index in [0.29, 0.717) is 29.5 Å². The van der Waals surface area contributed by atoms with Crippen molar-refractivity contribution in [3.8, 4) is 21.1 Å². The van der Waals surface area contributed by atoms with Gasteiger partial charge in [-0.2, -0.15) is 0 Å². The van der Waals surface area contributed by atoms with Crippen LogP contribution >= 0.6 is 0 Å². The van der Waals surface area contributed by atoms with Gasteiger partial charge >= 0.3 is 268 Å². The summed E-state index contributed by atoms with van der Waals surface area (Å²) in [6.45, 7) is 0. The predicted molar refractivity (Wildman–Crippen MR) is 185 cm³/mol. The summed E-state index contributed by atoms with van der Waals surface area (Å²) in [5.41, 5.74) is 14.6. The molecule has 0 radical (unpaired) electrons. The van der Waals surface area contributed by atoms with Gasteiger partial charge in [-0.15, -0.1) is 0 Å². The Labute approximate surface area is 266 Å². The Kier molecular flexibility index (Phi) is 7.31. The maximum atomic E-state index is 2.64. The van der Waals surface area contributed by atoms with Gasteiger partial charge in [-0.05, 0) is 0 Å². The molecule has 206 valence electrons. The Hall–Kier alpha value is -3.77. The monoisotopic (exact) mass is 683 g/mol. The van der Waals surface area contributed by atoms with Crippen LogP contribution in [-0.2, 0) is 6.42 Å². The minimum atomic E-state index is 0.293.